The highest BCUT2D eigenvalue weighted by atomic mass is 79.9. The minimum absolute atomic E-state index is 0.0993. The molecule has 10 heteroatoms. The third-order valence-corrected chi connectivity index (χ3v) is 5.85. The average Bonchev–Trinajstić information content (AvgIpc) is 2.95. The number of thioether (sulfide) groups is 1. The van der Waals surface area contributed by atoms with Crippen molar-refractivity contribution in [3.05, 3.63) is 29.3 Å². The van der Waals surface area contributed by atoms with Crippen molar-refractivity contribution in [1.82, 2.24) is 10.2 Å². The van der Waals surface area contributed by atoms with Crippen LogP contribution in [0.2, 0.25) is 0 Å². The molecule has 1 fully saturated rings. The third kappa shape index (κ3) is 5.06. The summed E-state index contributed by atoms with van der Waals surface area (Å²) in [5.41, 5.74) is 0.599. The molecule has 156 valence electrons. The van der Waals surface area contributed by atoms with E-state index in [-0.39, 0.29) is 18.4 Å². The number of nitrogens with one attached hydrogen (secondary N) is 1. The van der Waals surface area contributed by atoms with Crippen LogP contribution in [0.3, 0.4) is 0 Å². The Morgan fingerprint density at radius 3 is 2.55 bits per heavy atom. The van der Waals surface area contributed by atoms with E-state index in [2.05, 4.69) is 21.2 Å². The first-order valence-corrected chi connectivity index (χ1v) is 11.3. The van der Waals surface area contributed by atoms with Crippen molar-refractivity contribution >= 4 is 51.3 Å². The molecule has 0 spiro atoms. The fourth-order valence-corrected chi connectivity index (χ4v) is 4.36. The van der Waals surface area contributed by atoms with Gasteiger partial charge in [-0.25, -0.2) is 0 Å². The molecular weight excluding hydrogens is 464 g/mol. The van der Waals surface area contributed by atoms with Gasteiger partial charge in [0.05, 0.1) is 37.6 Å². The van der Waals surface area contributed by atoms with Crippen LogP contribution in [0, 0.1) is 0 Å². The van der Waals surface area contributed by atoms with Crippen LogP contribution in [0.15, 0.2) is 23.1 Å². The van der Waals surface area contributed by atoms with Crippen molar-refractivity contribution in [2.75, 3.05) is 37.5 Å². The van der Waals surface area contributed by atoms with E-state index in [9.17, 15) is 19.2 Å². The number of halogens is 1. The van der Waals surface area contributed by atoms with Crippen LogP contribution in [0.4, 0.5) is 0 Å². The number of rotatable bonds is 10. The van der Waals surface area contributed by atoms with Crippen LogP contribution in [-0.2, 0) is 19.1 Å². The van der Waals surface area contributed by atoms with E-state index in [4.69, 9.17) is 9.47 Å². The van der Waals surface area contributed by atoms with Gasteiger partial charge in [0.2, 0.25) is 11.8 Å². The largest absolute Gasteiger partial charge is 0.378 e. The lowest BCUT2D eigenvalue weighted by atomic mass is 10.0. The van der Waals surface area contributed by atoms with Gasteiger partial charge in [0.15, 0.2) is 0 Å². The Kier molecular flexibility index (Phi) is 7.82. The van der Waals surface area contributed by atoms with Crippen LogP contribution in [0.1, 0.15) is 33.6 Å². The highest BCUT2D eigenvalue weighted by molar-refractivity contribution is 9.09. The predicted molar refractivity (Wildman–Crippen MR) is 109 cm³/mol. The molecule has 0 bridgehead atoms. The van der Waals surface area contributed by atoms with E-state index in [0.717, 1.165) is 10.2 Å². The second-order valence-corrected chi connectivity index (χ2v) is 8.32. The van der Waals surface area contributed by atoms with Gasteiger partial charge in [-0.1, -0.05) is 22.0 Å². The lowest BCUT2D eigenvalue weighted by Crippen LogP contribution is -2.54. The second kappa shape index (κ2) is 10.3. The molecule has 0 radical (unpaired) electrons. The summed E-state index contributed by atoms with van der Waals surface area (Å²) in [6, 6.07) is 4.13. The van der Waals surface area contributed by atoms with Crippen molar-refractivity contribution in [1.29, 1.82) is 0 Å². The molecule has 0 aromatic heterocycles. The Morgan fingerprint density at radius 1 is 1.07 bits per heavy atom. The zero-order valence-corrected chi connectivity index (χ0v) is 18.1. The van der Waals surface area contributed by atoms with Crippen LogP contribution in [0.25, 0.3) is 0 Å². The number of ether oxygens (including phenoxy) is 2. The lowest BCUT2D eigenvalue weighted by molar-refractivity contribution is -0.136. The Morgan fingerprint density at radius 2 is 1.83 bits per heavy atom. The number of nitrogens with zero attached hydrogens (tertiary/aromatic N) is 1. The first-order valence-electron chi connectivity index (χ1n) is 9.23. The Balaban J connectivity index is 1.61. The molecule has 3 rings (SSSR count). The van der Waals surface area contributed by atoms with Crippen molar-refractivity contribution in [3.8, 4) is 0 Å². The maximum atomic E-state index is 13.0. The normalized spacial score (nSPS) is 18.9. The number of benzene rings is 1. The third-order valence-electron chi connectivity index (χ3n) is 4.51. The number of fused-ring (bicyclic) bond motifs is 1. The van der Waals surface area contributed by atoms with Crippen LogP contribution >= 0.6 is 27.7 Å². The summed E-state index contributed by atoms with van der Waals surface area (Å²) in [7, 11) is 0. The number of hydrogen-bond acceptors (Lipinski definition) is 7. The van der Waals surface area contributed by atoms with E-state index in [1.165, 1.54) is 11.8 Å². The molecule has 2 aliphatic rings. The first-order chi connectivity index (χ1) is 14.0. The quantitative estimate of drug-likeness (QED) is 0.233. The molecule has 2 aliphatic heterocycles. The van der Waals surface area contributed by atoms with Gasteiger partial charge in [0.25, 0.3) is 11.8 Å². The van der Waals surface area contributed by atoms with Crippen LogP contribution in [0.5, 0.6) is 0 Å². The number of hydrogen-bond donors (Lipinski definition) is 1. The number of carbonyl (C=O) groups excluding carboxylic acids is 4. The minimum Gasteiger partial charge on any atom is -0.378 e. The number of alkyl halides is 1. The van der Waals surface area contributed by atoms with Crippen LogP contribution in [-0.4, -0.2) is 72.1 Å². The molecular formula is C19H21BrN2O6S. The molecule has 0 aliphatic carbocycles. The average molecular weight is 485 g/mol. The molecule has 0 saturated carbocycles. The first kappa shape index (κ1) is 21.9. The van der Waals surface area contributed by atoms with Gasteiger partial charge in [-0.15, -0.1) is 11.8 Å². The molecule has 1 atom stereocenters. The van der Waals surface area contributed by atoms with Gasteiger partial charge < -0.3 is 9.47 Å². The van der Waals surface area contributed by atoms with Gasteiger partial charge in [-0.3, -0.25) is 29.4 Å². The summed E-state index contributed by atoms with van der Waals surface area (Å²) in [6.07, 6.45) is 0.242. The summed E-state index contributed by atoms with van der Waals surface area (Å²) in [4.78, 5) is 50.9. The molecule has 4 amide bonds. The van der Waals surface area contributed by atoms with Gasteiger partial charge in [-0.05, 0) is 18.6 Å². The second-order valence-electron chi connectivity index (χ2n) is 6.39. The van der Waals surface area contributed by atoms with E-state index >= 15 is 0 Å². The zero-order chi connectivity index (χ0) is 20.8. The molecule has 1 unspecified atom stereocenters. The summed E-state index contributed by atoms with van der Waals surface area (Å²) in [5.74, 6) is -1.39. The van der Waals surface area contributed by atoms with E-state index < -0.39 is 29.7 Å². The van der Waals surface area contributed by atoms with E-state index in [1.807, 2.05) is 0 Å². The SMILES string of the molecule is O=C1CCC(N2C(=O)c3cccc(SCCOCCOCCBr)c3C2=O)C(=O)N1. The fraction of sp³-hybridized carbons (Fsp3) is 0.474. The van der Waals surface area contributed by atoms with E-state index in [0.29, 0.717) is 42.6 Å². The molecule has 1 N–H and O–H groups in total. The number of imide groups is 2. The van der Waals surface area contributed by atoms with Gasteiger partial charge in [-0.2, -0.15) is 0 Å². The molecule has 2 heterocycles. The van der Waals surface area contributed by atoms with Gasteiger partial charge >= 0.3 is 0 Å². The number of carbonyl (C=O) groups is 4. The van der Waals surface area contributed by atoms with Crippen molar-refractivity contribution < 1.29 is 28.7 Å². The number of piperidine rings is 1. The van der Waals surface area contributed by atoms with Gasteiger partial charge in [0.1, 0.15) is 6.04 Å². The predicted octanol–water partition coefficient (Wildman–Crippen LogP) is 1.61. The Labute approximate surface area is 180 Å². The van der Waals surface area contributed by atoms with Crippen molar-refractivity contribution in [2.45, 2.75) is 23.8 Å². The molecule has 1 aromatic carbocycles. The zero-order valence-electron chi connectivity index (χ0n) is 15.6. The maximum absolute atomic E-state index is 13.0. The molecule has 29 heavy (non-hydrogen) atoms. The molecule has 1 aromatic rings. The Hall–Kier alpha value is -1.75. The summed E-state index contributed by atoms with van der Waals surface area (Å²) >= 11 is 4.70. The fourth-order valence-electron chi connectivity index (χ4n) is 3.19. The Bertz CT molecular complexity index is 818. The lowest BCUT2D eigenvalue weighted by Gasteiger charge is -2.27. The number of amides is 4. The van der Waals surface area contributed by atoms with Crippen LogP contribution < -0.4 is 5.32 Å². The van der Waals surface area contributed by atoms with Gasteiger partial charge in [0, 0.05) is 22.4 Å². The smallest absolute Gasteiger partial charge is 0.263 e. The summed E-state index contributed by atoms with van der Waals surface area (Å²) < 4.78 is 10.8. The monoisotopic (exact) mass is 484 g/mol. The standard InChI is InChI=1S/C19H21BrN2O6S/c20-6-7-27-8-9-28-10-11-29-14-3-1-2-12-16(14)19(26)22(18(12)25)13-4-5-15(23)21-17(13)24/h1-3,13H,4-11H2,(H,21,23,24). The maximum Gasteiger partial charge on any atom is 0.263 e. The molecule has 8 nitrogen and oxygen atoms in total. The van der Waals surface area contributed by atoms with Crippen molar-refractivity contribution in [2.24, 2.45) is 0 Å². The minimum atomic E-state index is -0.958. The van der Waals surface area contributed by atoms with Crippen molar-refractivity contribution in [3.63, 3.8) is 0 Å². The summed E-state index contributed by atoms with van der Waals surface area (Å²) in [5, 5.41) is 2.98. The molecule has 1 saturated heterocycles. The van der Waals surface area contributed by atoms with E-state index in [1.54, 1.807) is 18.2 Å². The highest BCUT2D eigenvalue weighted by Gasteiger charge is 2.45. The highest BCUT2D eigenvalue weighted by Crippen LogP contribution is 2.34. The summed E-state index contributed by atoms with van der Waals surface area (Å²) in [6.45, 7) is 2.12. The topological polar surface area (TPSA) is 102 Å².